The van der Waals surface area contributed by atoms with E-state index in [2.05, 4.69) is 64.1 Å². The first kappa shape index (κ1) is 17.4. The van der Waals surface area contributed by atoms with E-state index in [0.29, 0.717) is 12.5 Å². The van der Waals surface area contributed by atoms with Gasteiger partial charge in [-0.3, -0.25) is 0 Å². The molecule has 2 nitrogen and oxygen atoms in total. The normalized spacial score (nSPS) is 12.7. The fraction of sp³-hybridized carbons (Fsp3) is 0.429. The summed E-state index contributed by atoms with van der Waals surface area (Å²) < 4.78 is 11.8. The minimum Gasteiger partial charge on any atom is -0.494 e. The van der Waals surface area contributed by atoms with Gasteiger partial charge in [0.1, 0.15) is 17.1 Å². The summed E-state index contributed by atoms with van der Waals surface area (Å²) >= 11 is 0. The Bertz CT molecular complexity index is 614. The predicted octanol–water partition coefficient (Wildman–Crippen LogP) is 5.91. The highest BCUT2D eigenvalue weighted by Gasteiger charge is 2.23. The van der Waals surface area contributed by atoms with Crippen LogP contribution < -0.4 is 9.47 Å². The third-order valence-corrected chi connectivity index (χ3v) is 4.27. The van der Waals surface area contributed by atoms with E-state index in [1.165, 1.54) is 5.56 Å². The Morgan fingerprint density at radius 3 is 2.26 bits per heavy atom. The lowest BCUT2D eigenvalue weighted by Crippen LogP contribution is -2.25. The van der Waals surface area contributed by atoms with Gasteiger partial charge >= 0.3 is 0 Å². The smallest absolute Gasteiger partial charge is 0.129 e. The van der Waals surface area contributed by atoms with Crippen molar-refractivity contribution in [1.82, 2.24) is 0 Å². The first-order valence-corrected chi connectivity index (χ1v) is 8.48. The van der Waals surface area contributed by atoms with E-state index in [9.17, 15) is 0 Å². The monoisotopic (exact) mass is 312 g/mol. The fourth-order valence-electron chi connectivity index (χ4n) is 2.58. The summed E-state index contributed by atoms with van der Waals surface area (Å²) in [6.07, 6.45) is 1.15. The molecule has 2 heteroatoms. The van der Waals surface area contributed by atoms with Crippen LogP contribution >= 0.6 is 0 Å². The highest BCUT2D eigenvalue weighted by Crippen LogP contribution is 2.31. The molecule has 23 heavy (non-hydrogen) atoms. The Kier molecular flexibility index (Phi) is 5.70. The molecule has 0 aliphatic heterocycles. The van der Waals surface area contributed by atoms with Crippen LogP contribution in [0.3, 0.4) is 0 Å². The number of rotatable bonds is 7. The van der Waals surface area contributed by atoms with E-state index >= 15 is 0 Å². The summed E-state index contributed by atoms with van der Waals surface area (Å²) in [7, 11) is 0. The van der Waals surface area contributed by atoms with Gasteiger partial charge in [0, 0.05) is 0 Å². The average molecular weight is 312 g/mol. The van der Waals surface area contributed by atoms with Crippen molar-refractivity contribution in [3.63, 3.8) is 0 Å². The standard InChI is InChI=1S/C21H28O2/c1-6-16(3)17-11-13-19(14-12-17)23-21(4,5)18-9-8-10-20(15-18)22-7-2/h8-16H,6-7H2,1-5H3. The zero-order valence-electron chi connectivity index (χ0n) is 14.9. The quantitative estimate of drug-likeness (QED) is 0.632. The van der Waals surface area contributed by atoms with E-state index < -0.39 is 5.60 Å². The Balaban J connectivity index is 2.15. The van der Waals surface area contributed by atoms with Gasteiger partial charge in [-0.1, -0.05) is 38.1 Å². The number of hydrogen-bond acceptors (Lipinski definition) is 2. The van der Waals surface area contributed by atoms with Gasteiger partial charge in [0.2, 0.25) is 0 Å². The number of benzene rings is 2. The van der Waals surface area contributed by atoms with Gasteiger partial charge in [0.05, 0.1) is 6.61 Å². The molecule has 0 bridgehead atoms. The molecule has 2 aromatic rings. The van der Waals surface area contributed by atoms with Crippen molar-refractivity contribution in [2.45, 2.75) is 52.6 Å². The largest absolute Gasteiger partial charge is 0.494 e. The maximum absolute atomic E-state index is 6.23. The van der Waals surface area contributed by atoms with Crippen molar-refractivity contribution >= 4 is 0 Å². The molecule has 0 aliphatic carbocycles. The molecule has 0 radical (unpaired) electrons. The summed E-state index contributed by atoms with van der Waals surface area (Å²) in [5, 5.41) is 0. The Hall–Kier alpha value is -1.96. The first-order chi connectivity index (χ1) is 11.0. The molecule has 0 saturated carbocycles. The van der Waals surface area contributed by atoms with Crippen LogP contribution in [0.1, 0.15) is 58.1 Å². The van der Waals surface area contributed by atoms with E-state index in [-0.39, 0.29) is 0 Å². The molecular weight excluding hydrogens is 284 g/mol. The van der Waals surface area contributed by atoms with E-state index in [4.69, 9.17) is 9.47 Å². The van der Waals surface area contributed by atoms with Crippen molar-refractivity contribution < 1.29 is 9.47 Å². The maximum Gasteiger partial charge on any atom is 0.129 e. The Morgan fingerprint density at radius 1 is 0.957 bits per heavy atom. The molecular formula is C21H28O2. The molecule has 2 rings (SSSR count). The van der Waals surface area contributed by atoms with Crippen molar-refractivity contribution in [2.24, 2.45) is 0 Å². The Morgan fingerprint density at radius 2 is 1.65 bits per heavy atom. The van der Waals surface area contributed by atoms with Gasteiger partial charge < -0.3 is 9.47 Å². The molecule has 0 saturated heterocycles. The van der Waals surface area contributed by atoms with Crippen LogP contribution in [0.15, 0.2) is 48.5 Å². The van der Waals surface area contributed by atoms with Crippen LogP contribution in [-0.2, 0) is 5.60 Å². The van der Waals surface area contributed by atoms with Crippen molar-refractivity contribution in [3.8, 4) is 11.5 Å². The zero-order chi connectivity index (χ0) is 16.9. The van der Waals surface area contributed by atoms with Crippen molar-refractivity contribution in [1.29, 1.82) is 0 Å². The second-order valence-electron chi connectivity index (χ2n) is 6.45. The average Bonchev–Trinajstić information content (AvgIpc) is 2.55. The zero-order valence-corrected chi connectivity index (χ0v) is 14.9. The SMILES string of the molecule is CCOc1cccc(C(C)(C)Oc2ccc(C(C)CC)cc2)c1. The van der Waals surface area contributed by atoms with E-state index in [1.54, 1.807) is 0 Å². The van der Waals surface area contributed by atoms with Gasteiger partial charge in [-0.05, 0) is 68.5 Å². The van der Waals surface area contributed by atoms with Gasteiger partial charge in [-0.25, -0.2) is 0 Å². The fourth-order valence-corrected chi connectivity index (χ4v) is 2.58. The van der Waals surface area contributed by atoms with Crippen LogP contribution in [-0.4, -0.2) is 6.61 Å². The Labute approximate surface area is 140 Å². The van der Waals surface area contributed by atoms with Crippen LogP contribution in [0, 0.1) is 0 Å². The molecule has 2 aromatic carbocycles. The van der Waals surface area contributed by atoms with Crippen LogP contribution in [0.5, 0.6) is 11.5 Å². The predicted molar refractivity (Wildman–Crippen MR) is 96.4 cm³/mol. The van der Waals surface area contributed by atoms with Crippen molar-refractivity contribution in [3.05, 3.63) is 59.7 Å². The highest BCUT2D eigenvalue weighted by molar-refractivity contribution is 5.34. The highest BCUT2D eigenvalue weighted by atomic mass is 16.5. The molecule has 0 aliphatic rings. The molecule has 0 fully saturated rings. The van der Waals surface area contributed by atoms with Gasteiger partial charge in [0.25, 0.3) is 0 Å². The molecule has 0 N–H and O–H groups in total. The second kappa shape index (κ2) is 7.54. The van der Waals surface area contributed by atoms with Crippen LogP contribution in [0.25, 0.3) is 0 Å². The number of hydrogen-bond donors (Lipinski definition) is 0. The molecule has 0 aromatic heterocycles. The summed E-state index contributed by atoms with van der Waals surface area (Å²) in [4.78, 5) is 0. The molecule has 0 amide bonds. The summed E-state index contributed by atoms with van der Waals surface area (Å²) in [5.74, 6) is 2.36. The maximum atomic E-state index is 6.23. The first-order valence-electron chi connectivity index (χ1n) is 8.48. The van der Waals surface area contributed by atoms with Gasteiger partial charge in [-0.15, -0.1) is 0 Å². The van der Waals surface area contributed by atoms with E-state index in [1.807, 2.05) is 19.1 Å². The second-order valence-corrected chi connectivity index (χ2v) is 6.45. The van der Waals surface area contributed by atoms with Crippen LogP contribution in [0.4, 0.5) is 0 Å². The third kappa shape index (κ3) is 4.51. The molecule has 1 unspecified atom stereocenters. The minimum atomic E-state index is -0.412. The third-order valence-electron chi connectivity index (χ3n) is 4.27. The molecule has 0 spiro atoms. The minimum absolute atomic E-state index is 0.412. The lowest BCUT2D eigenvalue weighted by molar-refractivity contribution is 0.108. The van der Waals surface area contributed by atoms with Crippen LogP contribution in [0.2, 0.25) is 0 Å². The van der Waals surface area contributed by atoms with Crippen molar-refractivity contribution in [2.75, 3.05) is 6.61 Å². The molecule has 124 valence electrons. The lowest BCUT2D eigenvalue weighted by atomic mass is 9.97. The summed E-state index contributed by atoms with van der Waals surface area (Å²) in [6.45, 7) is 11.3. The topological polar surface area (TPSA) is 18.5 Å². The molecule has 1 atom stereocenters. The van der Waals surface area contributed by atoms with Gasteiger partial charge in [-0.2, -0.15) is 0 Å². The number of ether oxygens (including phenoxy) is 2. The summed E-state index contributed by atoms with van der Waals surface area (Å²) in [6, 6.07) is 16.6. The lowest BCUT2D eigenvalue weighted by Gasteiger charge is -2.27. The van der Waals surface area contributed by atoms with Gasteiger partial charge in [0.15, 0.2) is 0 Å². The van der Waals surface area contributed by atoms with E-state index in [0.717, 1.165) is 23.5 Å². The molecule has 0 heterocycles. The summed E-state index contributed by atoms with van der Waals surface area (Å²) in [5.41, 5.74) is 2.05.